The number of benzene rings is 1. The molecular weight excluding hydrogens is 329 g/mol. The van der Waals surface area contributed by atoms with Crippen molar-refractivity contribution in [3.63, 3.8) is 0 Å². The van der Waals surface area contributed by atoms with Crippen LogP contribution in [0.2, 0.25) is 5.02 Å². The first-order valence-corrected chi connectivity index (χ1v) is 7.41. The van der Waals surface area contributed by atoms with Crippen LogP contribution in [0.4, 0.5) is 30.6 Å². The van der Waals surface area contributed by atoms with E-state index in [1.165, 1.54) is 0 Å². The van der Waals surface area contributed by atoms with Crippen molar-refractivity contribution in [2.24, 2.45) is 0 Å². The van der Waals surface area contributed by atoms with Crippen molar-refractivity contribution in [2.75, 3.05) is 10.6 Å². The van der Waals surface area contributed by atoms with E-state index in [4.69, 9.17) is 11.6 Å². The zero-order valence-electron chi connectivity index (χ0n) is 12.6. The summed E-state index contributed by atoms with van der Waals surface area (Å²) in [6, 6.07) is 7.54. The lowest BCUT2D eigenvalue weighted by molar-refractivity contribution is -0.141. The van der Waals surface area contributed by atoms with Crippen LogP contribution in [-0.4, -0.2) is 16.0 Å². The maximum Gasteiger partial charge on any atom is 0.433 e. The van der Waals surface area contributed by atoms with Gasteiger partial charge in [0.05, 0.1) is 10.7 Å². The summed E-state index contributed by atoms with van der Waals surface area (Å²) < 4.78 is 39.0. The Hall–Kier alpha value is -2.02. The zero-order chi connectivity index (χ0) is 17.0. The third-order valence-electron chi connectivity index (χ3n) is 3.14. The average Bonchev–Trinajstić information content (AvgIpc) is 2.48. The van der Waals surface area contributed by atoms with Crippen molar-refractivity contribution in [2.45, 2.75) is 32.5 Å². The Morgan fingerprint density at radius 1 is 1.22 bits per heavy atom. The minimum Gasteiger partial charge on any atom is -0.352 e. The molecule has 0 spiro atoms. The third-order valence-corrected chi connectivity index (χ3v) is 3.47. The summed E-state index contributed by atoms with van der Waals surface area (Å²) in [4.78, 5) is 7.62. The Morgan fingerprint density at radius 2 is 1.91 bits per heavy atom. The molecule has 1 atom stereocenters. The maximum absolute atomic E-state index is 13.0. The molecule has 0 aliphatic heterocycles. The summed E-state index contributed by atoms with van der Waals surface area (Å²) in [6.45, 7) is 3.75. The van der Waals surface area contributed by atoms with Gasteiger partial charge in [-0.2, -0.15) is 18.2 Å². The Labute approximate surface area is 137 Å². The molecule has 1 heterocycles. The van der Waals surface area contributed by atoms with Crippen LogP contribution in [0.15, 0.2) is 30.3 Å². The molecule has 0 aliphatic rings. The van der Waals surface area contributed by atoms with Crippen LogP contribution >= 0.6 is 11.6 Å². The van der Waals surface area contributed by atoms with Gasteiger partial charge in [0, 0.05) is 12.1 Å². The predicted octanol–water partition coefficient (Wildman–Crippen LogP) is 5.10. The monoisotopic (exact) mass is 344 g/mol. The fraction of sp³-hybridized carbons (Fsp3) is 0.333. The molecule has 2 aromatic rings. The molecule has 0 saturated carbocycles. The fourth-order valence-corrected chi connectivity index (χ4v) is 1.93. The predicted molar refractivity (Wildman–Crippen MR) is 85.1 cm³/mol. The number of anilines is 3. The fourth-order valence-electron chi connectivity index (χ4n) is 1.74. The summed E-state index contributed by atoms with van der Waals surface area (Å²) in [6.07, 6.45) is -3.83. The van der Waals surface area contributed by atoms with Crippen molar-refractivity contribution in [3.05, 3.63) is 41.0 Å². The average molecular weight is 345 g/mol. The van der Waals surface area contributed by atoms with Crippen LogP contribution in [0.5, 0.6) is 0 Å². The van der Waals surface area contributed by atoms with Gasteiger partial charge in [-0.1, -0.05) is 30.7 Å². The summed E-state index contributed by atoms with van der Waals surface area (Å²) in [7, 11) is 0. The number of alkyl halides is 3. The molecule has 0 unspecified atom stereocenters. The second-order valence-electron chi connectivity index (χ2n) is 5.02. The Kier molecular flexibility index (Phi) is 5.30. The molecule has 8 heteroatoms. The van der Waals surface area contributed by atoms with E-state index < -0.39 is 11.9 Å². The minimum atomic E-state index is -4.56. The molecule has 1 aromatic carbocycles. The van der Waals surface area contributed by atoms with E-state index in [1.807, 2.05) is 13.8 Å². The quantitative estimate of drug-likeness (QED) is 0.792. The number of nitrogens with one attached hydrogen (secondary N) is 2. The van der Waals surface area contributed by atoms with E-state index >= 15 is 0 Å². The van der Waals surface area contributed by atoms with Crippen molar-refractivity contribution < 1.29 is 13.2 Å². The maximum atomic E-state index is 13.0. The lowest BCUT2D eigenvalue weighted by Gasteiger charge is -2.15. The van der Waals surface area contributed by atoms with Gasteiger partial charge in [-0.05, 0) is 25.5 Å². The number of hydrogen-bond donors (Lipinski definition) is 2. The van der Waals surface area contributed by atoms with Crippen LogP contribution in [0, 0.1) is 0 Å². The molecular formula is C15H16ClF3N4. The third kappa shape index (κ3) is 4.72. The molecule has 1 aromatic heterocycles. The van der Waals surface area contributed by atoms with Gasteiger partial charge in [0.15, 0.2) is 5.69 Å². The molecule has 0 fully saturated rings. The lowest BCUT2D eigenvalue weighted by atomic mass is 10.3. The number of hydrogen-bond acceptors (Lipinski definition) is 4. The second kappa shape index (κ2) is 7.04. The van der Waals surface area contributed by atoms with Crippen LogP contribution in [-0.2, 0) is 6.18 Å². The lowest BCUT2D eigenvalue weighted by Crippen LogP contribution is -2.18. The molecule has 124 valence electrons. The first kappa shape index (κ1) is 17.3. The summed E-state index contributed by atoms with van der Waals surface area (Å²) in [5, 5.41) is 6.03. The highest BCUT2D eigenvalue weighted by atomic mass is 35.5. The summed E-state index contributed by atoms with van der Waals surface area (Å²) in [5.74, 6) is -0.0602. The smallest absolute Gasteiger partial charge is 0.352 e. The van der Waals surface area contributed by atoms with Crippen molar-refractivity contribution in [1.82, 2.24) is 9.97 Å². The van der Waals surface area contributed by atoms with E-state index in [0.717, 1.165) is 12.5 Å². The number of para-hydroxylation sites is 1. The summed E-state index contributed by atoms with van der Waals surface area (Å²) >= 11 is 6.01. The second-order valence-corrected chi connectivity index (χ2v) is 5.43. The van der Waals surface area contributed by atoms with Crippen molar-refractivity contribution >= 4 is 29.1 Å². The number of rotatable bonds is 5. The van der Waals surface area contributed by atoms with Crippen LogP contribution in [0.3, 0.4) is 0 Å². The van der Waals surface area contributed by atoms with Gasteiger partial charge in [-0.25, -0.2) is 4.98 Å². The van der Waals surface area contributed by atoms with Gasteiger partial charge in [-0.3, -0.25) is 0 Å². The van der Waals surface area contributed by atoms with Crippen molar-refractivity contribution in [3.8, 4) is 0 Å². The largest absolute Gasteiger partial charge is 0.433 e. The van der Waals surface area contributed by atoms with E-state index in [1.54, 1.807) is 24.3 Å². The molecule has 0 amide bonds. The highest BCUT2D eigenvalue weighted by molar-refractivity contribution is 6.33. The zero-order valence-corrected chi connectivity index (χ0v) is 13.3. The highest BCUT2D eigenvalue weighted by Crippen LogP contribution is 2.31. The van der Waals surface area contributed by atoms with Crippen LogP contribution in [0.1, 0.15) is 26.0 Å². The van der Waals surface area contributed by atoms with Crippen LogP contribution in [0.25, 0.3) is 0 Å². The van der Waals surface area contributed by atoms with Gasteiger partial charge in [-0.15, -0.1) is 0 Å². The SMILES string of the molecule is CC[C@H](C)Nc1nc(Nc2ccccc2Cl)cc(C(F)(F)F)n1. The Morgan fingerprint density at radius 3 is 2.52 bits per heavy atom. The number of aromatic nitrogens is 2. The van der Waals surface area contributed by atoms with E-state index in [2.05, 4.69) is 20.6 Å². The minimum absolute atomic E-state index is 0.0197. The molecule has 4 nitrogen and oxygen atoms in total. The van der Waals surface area contributed by atoms with Gasteiger partial charge in [0.2, 0.25) is 5.95 Å². The van der Waals surface area contributed by atoms with E-state index in [9.17, 15) is 13.2 Å². The molecule has 0 aliphatic carbocycles. The Bertz CT molecular complexity index is 676. The first-order valence-electron chi connectivity index (χ1n) is 7.04. The Balaban J connectivity index is 2.38. The van der Waals surface area contributed by atoms with Gasteiger partial charge < -0.3 is 10.6 Å². The molecule has 2 N–H and O–H groups in total. The van der Waals surface area contributed by atoms with Crippen molar-refractivity contribution in [1.29, 1.82) is 0 Å². The highest BCUT2D eigenvalue weighted by Gasteiger charge is 2.34. The van der Waals surface area contributed by atoms with E-state index in [0.29, 0.717) is 10.7 Å². The van der Waals surface area contributed by atoms with Crippen LogP contribution < -0.4 is 10.6 Å². The van der Waals surface area contributed by atoms with Gasteiger partial charge in [0.1, 0.15) is 5.82 Å². The normalized spacial score (nSPS) is 12.8. The molecule has 23 heavy (non-hydrogen) atoms. The van der Waals surface area contributed by atoms with Gasteiger partial charge in [0.25, 0.3) is 0 Å². The topological polar surface area (TPSA) is 49.8 Å². The number of nitrogens with zero attached hydrogens (tertiary/aromatic N) is 2. The molecule has 0 radical (unpaired) electrons. The summed E-state index contributed by atoms with van der Waals surface area (Å²) in [5.41, 5.74) is -0.552. The van der Waals surface area contributed by atoms with E-state index in [-0.39, 0.29) is 17.8 Å². The van der Waals surface area contributed by atoms with Gasteiger partial charge >= 0.3 is 6.18 Å². The molecule has 0 saturated heterocycles. The first-order chi connectivity index (χ1) is 10.8. The standard InChI is InChI=1S/C15H16ClF3N4/c1-3-9(2)20-14-22-12(15(17,18)19)8-13(23-14)21-11-7-5-4-6-10(11)16/h4-9H,3H2,1-2H3,(H2,20,21,22,23)/t9-/m0/s1. The number of halogens is 4. The molecule has 2 rings (SSSR count). The molecule has 0 bridgehead atoms.